The van der Waals surface area contributed by atoms with E-state index in [9.17, 15) is 4.79 Å². The average Bonchev–Trinajstić information content (AvgIpc) is 2.47. The zero-order valence-electron chi connectivity index (χ0n) is 9.88. The number of nitrogens with zero attached hydrogens (tertiary/aromatic N) is 2. The van der Waals surface area contributed by atoms with Crippen LogP contribution in [0, 0.1) is 0 Å². The van der Waals surface area contributed by atoms with Crippen molar-refractivity contribution in [3.05, 3.63) is 71.0 Å². The van der Waals surface area contributed by atoms with E-state index in [1.807, 2.05) is 6.07 Å². The number of hydrogen-bond acceptors (Lipinski definition) is 3. The summed E-state index contributed by atoms with van der Waals surface area (Å²) in [5.41, 5.74) is 2.46. The maximum Gasteiger partial charge on any atom is 0.195 e. The van der Waals surface area contributed by atoms with Gasteiger partial charge in [0.05, 0.1) is 16.6 Å². The van der Waals surface area contributed by atoms with E-state index in [-0.39, 0.29) is 5.78 Å². The number of rotatable bonds is 2. The Hall–Kier alpha value is -2.26. The molecule has 19 heavy (non-hydrogen) atoms. The van der Waals surface area contributed by atoms with Crippen LogP contribution in [0.5, 0.6) is 0 Å². The minimum Gasteiger partial charge on any atom is -0.289 e. The fraction of sp³-hybridized carbons (Fsp3) is 0. The third kappa shape index (κ3) is 2.20. The van der Waals surface area contributed by atoms with Gasteiger partial charge in [0.1, 0.15) is 0 Å². The number of fused-ring (bicyclic) bond motifs is 1. The van der Waals surface area contributed by atoms with Crippen molar-refractivity contribution in [3.63, 3.8) is 0 Å². The fourth-order valence-electron chi connectivity index (χ4n) is 1.93. The molecule has 4 heteroatoms. The molecule has 3 nitrogen and oxygen atoms in total. The molecule has 0 unspecified atom stereocenters. The summed E-state index contributed by atoms with van der Waals surface area (Å²) in [5.74, 6) is -0.0808. The van der Waals surface area contributed by atoms with Gasteiger partial charge in [-0.25, -0.2) is 0 Å². The quantitative estimate of drug-likeness (QED) is 0.668. The molecule has 0 aliphatic heterocycles. The minimum absolute atomic E-state index is 0.0808. The summed E-state index contributed by atoms with van der Waals surface area (Å²) < 4.78 is 0. The first-order valence-electron chi connectivity index (χ1n) is 5.76. The molecule has 92 valence electrons. The van der Waals surface area contributed by atoms with E-state index in [0.717, 1.165) is 0 Å². The molecule has 0 aliphatic carbocycles. The van der Waals surface area contributed by atoms with Gasteiger partial charge in [-0.15, -0.1) is 0 Å². The number of carbonyl (C=O) groups is 1. The Kier molecular flexibility index (Phi) is 2.97. The Morgan fingerprint density at radius 2 is 1.68 bits per heavy atom. The molecule has 0 saturated carbocycles. The SMILES string of the molecule is O=C(c1ccc(Cl)cc1)c1cccc2nccnc12. The number of para-hydroxylation sites is 1. The molecule has 2 aromatic carbocycles. The first-order valence-corrected chi connectivity index (χ1v) is 6.13. The maximum atomic E-state index is 12.5. The summed E-state index contributed by atoms with van der Waals surface area (Å²) in [6.45, 7) is 0. The van der Waals surface area contributed by atoms with E-state index >= 15 is 0 Å². The zero-order valence-corrected chi connectivity index (χ0v) is 10.6. The van der Waals surface area contributed by atoms with Crippen molar-refractivity contribution in [3.8, 4) is 0 Å². The smallest absolute Gasteiger partial charge is 0.195 e. The van der Waals surface area contributed by atoms with Crippen LogP contribution in [-0.4, -0.2) is 15.8 Å². The molecule has 3 aromatic rings. The summed E-state index contributed by atoms with van der Waals surface area (Å²) in [7, 11) is 0. The van der Waals surface area contributed by atoms with Gasteiger partial charge in [0.25, 0.3) is 0 Å². The number of halogens is 1. The lowest BCUT2D eigenvalue weighted by atomic mass is 10.0. The Labute approximate surface area is 114 Å². The lowest BCUT2D eigenvalue weighted by Gasteiger charge is -2.04. The van der Waals surface area contributed by atoms with E-state index in [4.69, 9.17) is 11.6 Å². The second-order valence-corrected chi connectivity index (χ2v) is 4.50. The Bertz CT molecular complexity index is 748. The van der Waals surface area contributed by atoms with Gasteiger partial charge in [0.2, 0.25) is 0 Å². The lowest BCUT2D eigenvalue weighted by molar-refractivity contribution is 0.104. The van der Waals surface area contributed by atoms with Crippen molar-refractivity contribution in [2.24, 2.45) is 0 Å². The predicted octanol–water partition coefficient (Wildman–Crippen LogP) is 3.51. The number of ketones is 1. The molecule has 3 rings (SSSR count). The Balaban J connectivity index is 2.14. The van der Waals surface area contributed by atoms with Gasteiger partial charge in [-0.3, -0.25) is 14.8 Å². The van der Waals surface area contributed by atoms with Crippen molar-refractivity contribution in [1.82, 2.24) is 9.97 Å². The predicted molar refractivity (Wildman–Crippen MR) is 74.4 cm³/mol. The average molecular weight is 269 g/mol. The summed E-state index contributed by atoms with van der Waals surface area (Å²) in [4.78, 5) is 20.9. The summed E-state index contributed by atoms with van der Waals surface area (Å²) >= 11 is 5.82. The molecule has 0 saturated heterocycles. The molecule has 1 aromatic heterocycles. The molecule has 0 spiro atoms. The fourth-order valence-corrected chi connectivity index (χ4v) is 2.06. The van der Waals surface area contributed by atoms with Crippen LogP contribution in [0.4, 0.5) is 0 Å². The summed E-state index contributed by atoms with van der Waals surface area (Å²) in [6, 6.07) is 12.2. The van der Waals surface area contributed by atoms with E-state index in [0.29, 0.717) is 27.2 Å². The monoisotopic (exact) mass is 268 g/mol. The molecule has 0 atom stereocenters. The van der Waals surface area contributed by atoms with E-state index in [2.05, 4.69) is 9.97 Å². The highest BCUT2D eigenvalue weighted by Gasteiger charge is 2.13. The van der Waals surface area contributed by atoms with Gasteiger partial charge >= 0.3 is 0 Å². The van der Waals surface area contributed by atoms with Gasteiger partial charge in [-0.05, 0) is 36.4 Å². The van der Waals surface area contributed by atoms with E-state index in [1.165, 1.54) is 0 Å². The number of carbonyl (C=O) groups excluding carboxylic acids is 1. The van der Waals surface area contributed by atoms with Crippen LogP contribution in [0.3, 0.4) is 0 Å². The van der Waals surface area contributed by atoms with Crippen molar-refractivity contribution >= 4 is 28.4 Å². The lowest BCUT2D eigenvalue weighted by Crippen LogP contribution is -2.03. The van der Waals surface area contributed by atoms with E-state index in [1.54, 1.807) is 48.8 Å². The topological polar surface area (TPSA) is 42.9 Å². The Morgan fingerprint density at radius 1 is 0.947 bits per heavy atom. The van der Waals surface area contributed by atoms with Gasteiger partial charge in [-0.1, -0.05) is 17.7 Å². The largest absolute Gasteiger partial charge is 0.289 e. The number of aromatic nitrogens is 2. The maximum absolute atomic E-state index is 12.5. The Morgan fingerprint density at radius 3 is 2.47 bits per heavy atom. The second kappa shape index (κ2) is 4.78. The molecular weight excluding hydrogens is 260 g/mol. The van der Waals surface area contributed by atoms with Gasteiger partial charge in [0.15, 0.2) is 5.78 Å². The highest BCUT2D eigenvalue weighted by atomic mass is 35.5. The molecule has 0 aliphatic rings. The van der Waals surface area contributed by atoms with Crippen molar-refractivity contribution < 1.29 is 4.79 Å². The van der Waals surface area contributed by atoms with Gasteiger partial charge in [-0.2, -0.15) is 0 Å². The van der Waals surface area contributed by atoms with Crippen LogP contribution >= 0.6 is 11.6 Å². The first-order chi connectivity index (χ1) is 9.25. The summed E-state index contributed by atoms with van der Waals surface area (Å²) in [6.07, 6.45) is 3.19. The normalized spacial score (nSPS) is 10.6. The van der Waals surface area contributed by atoms with Crippen LogP contribution in [0.1, 0.15) is 15.9 Å². The van der Waals surface area contributed by atoms with Gasteiger partial charge in [0, 0.05) is 23.0 Å². The molecule has 0 amide bonds. The molecule has 1 heterocycles. The van der Waals surface area contributed by atoms with Gasteiger partial charge < -0.3 is 0 Å². The van der Waals surface area contributed by atoms with Crippen LogP contribution in [-0.2, 0) is 0 Å². The minimum atomic E-state index is -0.0808. The molecule has 0 bridgehead atoms. The highest BCUT2D eigenvalue weighted by Crippen LogP contribution is 2.19. The van der Waals surface area contributed by atoms with Crippen LogP contribution < -0.4 is 0 Å². The first kappa shape index (κ1) is 11.8. The molecular formula is C15H9ClN2O. The molecule has 0 fully saturated rings. The van der Waals surface area contributed by atoms with E-state index < -0.39 is 0 Å². The third-order valence-corrected chi connectivity index (χ3v) is 3.10. The molecule has 0 N–H and O–H groups in total. The highest BCUT2D eigenvalue weighted by molar-refractivity contribution is 6.30. The van der Waals surface area contributed by atoms with Crippen LogP contribution in [0.15, 0.2) is 54.9 Å². The van der Waals surface area contributed by atoms with Crippen molar-refractivity contribution in [2.75, 3.05) is 0 Å². The number of benzene rings is 2. The zero-order chi connectivity index (χ0) is 13.2. The van der Waals surface area contributed by atoms with Crippen LogP contribution in [0.2, 0.25) is 5.02 Å². The standard InChI is InChI=1S/C15H9ClN2O/c16-11-6-4-10(5-7-11)15(19)12-2-1-3-13-14(12)18-9-8-17-13/h1-9H. The second-order valence-electron chi connectivity index (χ2n) is 4.07. The number of hydrogen-bond donors (Lipinski definition) is 0. The summed E-state index contributed by atoms with van der Waals surface area (Å²) in [5, 5.41) is 0.606. The third-order valence-electron chi connectivity index (χ3n) is 2.85. The molecule has 0 radical (unpaired) electrons. The van der Waals surface area contributed by atoms with Crippen LogP contribution in [0.25, 0.3) is 11.0 Å². The van der Waals surface area contributed by atoms with Crippen molar-refractivity contribution in [2.45, 2.75) is 0 Å². The van der Waals surface area contributed by atoms with Crippen molar-refractivity contribution in [1.29, 1.82) is 0 Å².